The molecule has 22 heavy (non-hydrogen) atoms. The highest BCUT2D eigenvalue weighted by Gasteiger charge is 2.11. The highest BCUT2D eigenvalue weighted by molar-refractivity contribution is 7.91. The number of benzene rings is 2. The zero-order valence-corrected chi connectivity index (χ0v) is 12.9. The molecule has 0 unspecified atom stereocenters. The van der Waals surface area contributed by atoms with Gasteiger partial charge in [-0.15, -0.1) is 0 Å². The lowest BCUT2D eigenvalue weighted by Crippen LogP contribution is -2.14. The van der Waals surface area contributed by atoms with Crippen LogP contribution < -0.4 is 5.32 Å². The summed E-state index contributed by atoms with van der Waals surface area (Å²) in [4.78, 5) is 12.1. The molecule has 0 spiro atoms. The second-order valence-corrected chi connectivity index (χ2v) is 7.06. The van der Waals surface area contributed by atoms with E-state index in [2.05, 4.69) is 5.32 Å². The number of nitrogens with one attached hydrogen (secondary N) is 1. The van der Waals surface area contributed by atoms with Crippen LogP contribution in [0.5, 0.6) is 0 Å². The molecule has 0 atom stereocenters. The number of sulfone groups is 1. The summed E-state index contributed by atoms with van der Waals surface area (Å²) < 4.78 is 36.2. The van der Waals surface area contributed by atoms with Crippen LogP contribution in [0.1, 0.15) is 12.5 Å². The molecule has 0 heterocycles. The number of rotatable bonds is 5. The largest absolute Gasteiger partial charge is 0.326 e. The average molecular weight is 321 g/mol. The number of amides is 1. The van der Waals surface area contributed by atoms with E-state index in [4.69, 9.17) is 0 Å². The summed E-state index contributed by atoms with van der Waals surface area (Å²) in [5.74, 6) is -0.583. The van der Waals surface area contributed by atoms with E-state index in [1.54, 1.807) is 19.1 Å². The van der Waals surface area contributed by atoms with E-state index in [0.717, 1.165) is 0 Å². The zero-order valence-electron chi connectivity index (χ0n) is 12.0. The first kappa shape index (κ1) is 16.2. The van der Waals surface area contributed by atoms with Crippen molar-refractivity contribution in [2.45, 2.75) is 18.2 Å². The molecule has 0 aliphatic carbocycles. The number of hydrogen-bond acceptors (Lipinski definition) is 3. The highest BCUT2D eigenvalue weighted by atomic mass is 32.2. The summed E-state index contributed by atoms with van der Waals surface area (Å²) in [6.45, 7) is 1.58. The van der Waals surface area contributed by atoms with Gasteiger partial charge in [0, 0.05) is 5.69 Å². The van der Waals surface area contributed by atoms with Crippen molar-refractivity contribution in [2.75, 3.05) is 11.1 Å². The third-order valence-electron chi connectivity index (χ3n) is 3.16. The Morgan fingerprint density at radius 1 is 1.05 bits per heavy atom. The maximum absolute atomic E-state index is 12.8. The quantitative estimate of drug-likeness (QED) is 0.921. The molecule has 2 rings (SSSR count). The van der Waals surface area contributed by atoms with Crippen LogP contribution in [0.2, 0.25) is 0 Å². The number of carbonyl (C=O) groups is 1. The van der Waals surface area contributed by atoms with Crippen molar-refractivity contribution in [3.8, 4) is 0 Å². The Kier molecular flexibility index (Phi) is 4.92. The van der Waals surface area contributed by atoms with Gasteiger partial charge in [0.15, 0.2) is 9.84 Å². The van der Waals surface area contributed by atoms with Crippen LogP contribution in [0.4, 0.5) is 10.1 Å². The van der Waals surface area contributed by atoms with E-state index in [9.17, 15) is 17.6 Å². The number of hydrogen-bond donors (Lipinski definition) is 1. The van der Waals surface area contributed by atoms with Gasteiger partial charge in [-0.05, 0) is 42.0 Å². The van der Waals surface area contributed by atoms with Gasteiger partial charge in [0.25, 0.3) is 0 Å². The van der Waals surface area contributed by atoms with Gasteiger partial charge in [0.1, 0.15) is 5.82 Å². The lowest BCUT2D eigenvalue weighted by molar-refractivity contribution is -0.115. The zero-order chi connectivity index (χ0) is 16.2. The summed E-state index contributed by atoms with van der Waals surface area (Å²) in [6.07, 6.45) is 0.115. The Labute approximate surface area is 128 Å². The predicted octanol–water partition coefficient (Wildman–Crippen LogP) is 2.80. The van der Waals surface area contributed by atoms with Gasteiger partial charge in [-0.3, -0.25) is 4.79 Å². The van der Waals surface area contributed by atoms with Crippen LogP contribution in [-0.2, 0) is 21.1 Å². The van der Waals surface area contributed by atoms with Gasteiger partial charge in [-0.2, -0.15) is 0 Å². The lowest BCUT2D eigenvalue weighted by atomic mass is 10.1. The van der Waals surface area contributed by atoms with Gasteiger partial charge >= 0.3 is 0 Å². The van der Waals surface area contributed by atoms with Crippen molar-refractivity contribution in [3.63, 3.8) is 0 Å². The highest BCUT2D eigenvalue weighted by Crippen LogP contribution is 2.14. The summed E-state index contributed by atoms with van der Waals surface area (Å²) in [5, 5.41) is 2.65. The predicted molar refractivity (Wildman–Crippen MR) is 82.9 cm³/mol. The third kappa shape index (κ3) is 4.14. The second-order valence-electron chi connectivity index (χ2n) is 4.78. The minimum atomic E-state index is -3.23. The van der Waals surface area contributed by atoms with Crippen LogP contribution in [0.25, 0.3) is 0 Å². The van der Waals surface area contributed by atoms with Crippen LogP contribution >= 0.6 is 0 Å². The standard InChI is InChI=1S/C16H16FNO3S/c1-2-22(20,21)15-9-3-12(4-10-15)11-16(19)18-14-7-5-13(17)6-8-14/h3-10H,2,11H2,1H3,(H,18,19). The van der Waals surface area contributed by atoms with Crippen molar-refractivity contribution in [3.05, 3.63) is 59.9 Å². The minimum Gasteiger partial charge on any atom is -0.326 e. The number of anilines is 1. The van der Waals surface area contributed by atoms with Crippen LogP contribution in [0.3, 0.4) is 0 Å². The van der Waals surface area contributed by atoms with E-state index in [0.29, 0.717) is 11.3 Å². The van der Waals surface area contributed by atoms with Crippen molar-refractivity contribution in [1.29, 1.82) is 0 Å². The first-order valence-electron chi connectivity index (χ1n) is 6.78. The van der Waals surface area contributed by atoms with Crippen LogP contribution in [-0.4, -0.2) is 20.1 Å². The Balaban J connectivity index is 2.01. The van der Waals surface area contributed by atoms with Gasteiger partial charge in [0.05, 0.1) is 17.1 Å². The molecular weight excluding hydrogens is 305 g/mol. The molecule has 0 saturated heterocycles. The fourth-order valence-electron chi connectivity index (χ4n) is 1.91. The molecular formula is C16H16FNO3S. The molecule has 2 aromatic rings. The Morgan fingerprint density at radius 3 is 2.18 bits per heavy atom. The normalized spacial score (nSPS) is 11.2. The number of halogens is 1. The fraction of sp³-hybridized carbons (Fsp3) is 0.188. The Bertz CT molecular complexity index is 753. The molecule has 0 aromatic heterocycles. The van der Waals surface area contributed by atoms with Gasteiger partial charge in [0.2, 0.25) is 5.91 Å². The molecule has 0 aliphatic heterocycles. The smallest absolute Gasteiger partial charge is 0.228 e. The molecule has 1 amide bonds. The molecule has 116 valence electrons. The lowest BCUT2D eigenvalue weighted by Gasteiger charge is -2.06. The SMILES string of the molecule is CCS(=O)(=O)c1ccc(CC(=O)Nc2ccc(F)cc2)cc1. The molecule has 2 aromatic carbocycles. The number of carbonyl (C=O) groups excluding carboxylic acids is 1. The third-order valence-corrected chi connectivity index (χ3v) is 4.91. The van der Waals surface area contributed by atoms with E-state index in [1.165, 1.54) is 36.4 Å². The molecule has 0 radical (unpaired) electrons. The maximum Gasteiger partial charge on any atom is 0.228 e. The van der Waals surface area contributed by atoms with E-state index >= 15 is 0 Å². The molecule has 6 heteroatoms. The van der Waals surface area contributed by atoms with Crippen LogP contribution in [0, 0.1) is 5.82 Å². The van der Waals surface area contributed by atoms with E-state index in [-0.39, 0.29) is 28.8 Å². The van der Waals surface area contributed by atoms with E-state index < -0.39 is 9.84 Å². The summed E-state index contributed by atoms with van der Waals surface area (Å²) in [5.41, 5.74) is 1.21. The summed E-state index contributed by atoms with van der Waals surface area (Å²) in [6, 6.07) is 11.7. The minimum absolute atomic E-state index is 0.0391. The van der Waals surface area contributed by atoms with Gasteiger partial charge in [-0.25, -0.2) is 12.8 Å². The Hall–Kier alpha value is -2.21. The fourth-order valence-corrected chi connectivity index (χ4v) is 2.79. The molecule has 4 nitrogen and oxygen atoms in total. The monoisotopic (exact) mass is 321 g/mol. The molecule has 0 saturated carbocycles. The maximum atomic E-state index is 12.8. The van der Waals surface area contributed by atoms with E-state index in [1.807, 2.05) is 0 Å². The second kappa shape index (κ2) is 6.70. The van der Waals surface area contributed by atoms with Crippen molar-refractivity contribution >= 4 is 21.4 Å². The topological polar surface area (TPSA) is 63.2 Å². The summed E-state index contributed by atoms with van der Waals surface area (Å²) >= 11 is 0. The summed E-state index contributed by atoms with van der Waals surface area (Å²) in [7, 11) is -3.23. The van der Waals surface area contributed by atoms with Gasteiger partial charge < -0.3 is 5.32 Å². The molecule has 0 fully saturated rings. The van der Waals surface area contributed by atoms with Crippen molar-refractivity contribution < 1.29 is 17.6 Å². The Morgan fingerprint density at radius 2 is 1.64 bits per heavy atom. The molecule has 1 N–H and O–H groups in total. The van der Waals surface area contributed by atoms with Crippen LogP contribution in [0.15, 0.2) is 53.4 Å². The van der Waals surface area contributed by atoms with Crippen molar-refractivity contribution in [1.82, 2.24) is 0 Å². The van der Waals surface area contributed by atoms with Crippen molar-refractivity contribution in [2.24, 2.45) is 0 Å². The average Bonchev–Trinajstić information content (AvgIpc) is 2.50. The molecule has 0 bridgehead atoms. The van der Waals surface area contributed by atoms with Gasteiger partial charge in [-0.1, -0.05) is 19.1 Å². The first-order valence-corrected chi connectivity index (χ1v) is 8.43. The molecule has 0 aliphatic rings. The first-order chi connectivity index (χ1) is 10.4.